The van der Waals surface area contributed by atoms with Crippen LogP contribution >= 0.6 is 23.8 Å². The number of imidazole rings is 1. The third-order valence-corrected chi connectivity index (χ3v) is 4.67. The van der Waals surface area contributed by atoms with Crippen LogP contribution in [0.25, 0.3) is 11.6 Å². The number of aromatic hydroxyl groups is 1. The predicted octanol–water partition coefficient (Wildman–Crippen LogP) is 5.21. The first kappa shape index (κ1) is 15.9. The Balaban J connectivity index is 1.69. The number of benzene rings is 2. The molecule has 6 heteroatoms. The van der Waals surface area contributed by atoms with Crippen molar-refractivity contribution in [2.75, 3.05) is 0 Å². The summed E-state index contributed by atoms with van der Waals surface area (Å²) in [5.74, 6) is 0.102. The highest BCUT2D eigenvalue weighted by Crippen LogP contribution is 2.33. The zero-order valence-corrected chi connectivity index (χ0v) is 14.7. The van der Waals surface area contributed by atoms with Crippen molar-refractivity contribution in [3.63, 3.8) is 0 Å². The van der Waals surface area contributed by atoms with Gasteiger partial charge in [0, 0.05) is 22.4 Å². The van der Waals surface area contributed by atoms with Crippen LogP contribution in [0.1, 0.15) is 16.8 Å². The topological polar surface area (TPSA) is 53.3 Å². The number of hydrogen-bond acceptors (Lipinski definition) is 3. The van der Waals surface area contributed by atoms with Gasteiger partial charge in [0.25, 0.3) is 0 Å². The Hall–Kier alpha value is -2.63. The Kier molecular flexibility index (Phi) is 4.03. The molecule has 3 aromatic rings. The number of rotatable bonds is 3. The molecule has 0 saturated carbocycles. The highest BCUT2D eigenvalue weighted by Gasteiger charge is 2.15. The lowest BCUT2D eigenvalue weighted by atomic mass is 10.1. The monoisotopic (exact) mass is 367 g/mol. The molecule has 0 unspecified atom stereocenters. The molecule has 2 N–H and O–H groups in total. The van der Waals surface area contributed by atoms with Crippen molar-refractivity contribution >= 4 is 47.4 Å². The van der Waals surface area contributed by atoms with Gasteiger partial charge in [0.1, 0.15) is 5.69 Å². The third kappa shape index (κ3) is 3.04. The minimum atomic E-state index is 0.102. The molecular weight excluding hydrogens is 354 g/mol. The molecule has 0 radical (unpaired) electrons. The molecule has 4 rings (SSSR count). The van der Waals surface area contributed by atoms with Crippen LogP contribution in [0.5, 0.6) is 5.88 Å². The molecule has 2 heterocycles. The number of nitrogens with zero attached hydrogens (tertiary/aromatic N) is 2. The molecule has 1 aromatic heterocycles. The number of halogens is 1. The predicted molar refractivity (Wildman–Crippen MR) is 104 cm³/mol. The van der Waals surface area contributed by atoms with E-state index in [4.69, 9.17) is 23.8 Å². The van der Waals surface area contributed by atoms with Gasteiger partial charge in [-0.1, -0.05) is 41.9 Å². The average Bonchev–Trinajstić information content (AvgIpc) is 3.14. The van der Waals surface area contributed by atoms with E-state index in [2.05, 4.69) is 9.98 Å². The maximum Gasteiger partial charge on any atom is 0.218 e. The van der Waals surface area contributed by atoms with E-state index in [1.165, 1.54) is 0 Å². The average molecular weight is 368 g/mol. The number of aliphatic imine (C=N–C) groups is 1. The van der Waals surface area contributed by atoms with Gasteiger partial charge in [-0.15, -0.1) is 0 Å². The molecule has 0 amide bonds. The van der Waals surface area contributed by atoms with Gasteiger partial charge >= 0.3 is 0 Å². The number of H-pyrrole nitrogens is 1. The summed E-state index contributed by atoms with van der Waals surface area (Å²) < 4.78 is 2.12. The second-order valence-corrected chi connectivity index (χ2v) is 6.58. The largest absolute Gasteiger partial charge is 0.493 e. The van der Waals surface area contributed by atoms with Crippen molar-refractivity contribution in [3.05, 3.63) is 75.1 Å². The van der Waals surface area contributed by atoms with Gasteiger partial charge < -0.3 is 10.1 Å². The van der Waals surface area contributed by atoms with Crippen molar-refractivity contribution in [2.24, 2.45) is 4.99 Å². The SMILES string of the molecule is Oc1c(/C=C2\C=Nc3ccccc32)[nH]c(=S)n1Cc1ccc(Cl)cc1. The Morgan fingerprint density at radius 3 is 2.72 bits per heavy atom. The normalized spacial score (nSPS) is 14.2. The number of para-hydroxylation sites is 1. The number of aromatic amines is 1. The summed E-state index contributed by atoms with van der Waals surface area (Å²) in [6.45, 7) is 0.464. The van der Waals surface area contributed by atoms with Gasteiger partial charge in [-0.2, -0.15) is 0 Å². The number of hydrogen-bond donors (Lipinski definition) is 2. The zero-order chi connectivity index (χ0) is 17.4. The first-order valence-electron chi connectivity index (χ1n) is 7.73. The van der Waals surface area contributed by atoms with Gasteiger partial charge in [0.2, 0.25) is 5.88 Å². The smallest absolute Gasteiger partial charge is 0.218 e. The Morgan fingerprint density at radius 1 is 1.16 bits per heavy atom. The molecule has 124 valence electrons. The van der Waals surface area contributed by atoms with Crippen molar-refractivity contribution in [2.45, 2.75) is 6.54 Å². The molecule has 4 nitrogen and oxygen atoms in total. The van der Waals surface area contributed by atoms with E-state index in [1.807, 2.05) is 54.6 Å². The van der Waals surface area contributed by atoms with E-state index >= 15 is 0 Å². The summed E-state index contributed by atoms with van der Waals surface area (Å²) in [4.78, 5) is 7.44. The highest BCUT2D eigenvalue weighted by atomic mass is 35.5. The van der Waals surface area contributed by atoms with E-state index in [0.717, 1.165) is 22.4 Å². The molecule has 2 aromatic carbocycles. The third-order valence-electron chi connectivity index (χ3n) is 4.09. The van der Waals surface area contributed by atoms with Gasteiger partial charge in [-0.05, 0) is 42.1 Å². The van der Waals surface area contributed by atoms with Gasteiger partial charge in [0.05, 0.1) is 12.2 Å². The molecule has 0 saturated heterocycles. The van der Waals surface area contributed by atoms with E-state index in [9.17, 15) is 5.11 Å². The van der Waals surface area contributed by atoms with Crippen LogP contribution in [0.2, 0.25) is 5.02 Å². The number of nitrogens with one attached hydrogen (secondary N) is 1. The fourth-order valence-corrected chi connectivity index (χ4v) is 3.20. The van der Waals surface area contributed by atoms with Gasteiger partial charge in [0.15, 0.2) is 4.77 Å². The molecule has 0 bridgehead atoms. The fraction of sp³-hybridized carbons (Fsp3) is 0.0526. The van der Waals surface area contributed by atoms with Crippen LogP contribution in [-0.2, 0) is 6.54 Å². The minimum Gasteiger partial charge on any atom is -0.493 e. The second-order valence-electron chi connectivity index (χ2n) is 5.76. The summed E-state index contributed by atoms with van der Waals surface area (Å²) in [6, 6.07) is 15.3. The van der Waals surface area contributed by atoms with E-state index < -0.39 is 0 Å². The number of allylic oxidation sites excluding steroid dienone is 1. The first-order chi connectivity index (χ1) is 12.1. The van der Waals surface area contributed by atoms with E-state index in [-0.39, 0.29) is 5.88 Å². The number of aromatic nitrogens is 2. The Labute approximate surface area is 154 Å². The Bertz CT molecular complexity index is 1060. The van der Waals surface area contributed by atoms with Crippen LogP contribution in [-0.4, -0.2) is 20.9 Å². The highest BCUT2D eigenvalue weighted by molar-refractivity contribution is 7.71. The van der Waals surface area contributed by atoms with Crippen LogP contribution in [0.4, 0.5) is 5.69 Å². The van der Waals surface area contributed by atoms with Crippen molar-refractivity contribution in [1.82, 2.24) is 9.55 Å². The van der Waals surface area contributed by atoms with Gasteiger partial charge in [-0.3, -0.25) is 9.56 Å². The minimum absolute atomic E-state index is 0.102. The summed E-state index contributed by atoms with van der Waals surface area (Å²) in [5.41, 5.74) is 4.46. The standard InChI is InChI=1S/C19H14ClN3OS/c20-14-7-5-12(6-8-14)11-23-18(24)17(22-19(23)25)9-13-10-21-16-4-2-1-3-15(13)16/h1-10,24H,11H2,(H,22,25)/b13-9+. The van der Waals surface area contributed by atoms with Crippen molar-refractivity contribution in [1.29, 1.82) is 0 Å². The quantitative estimate of drug-likeness (QED) is 0.624. The maximum atomic E-state index is 10.6. The summed E-state index contributed by atoms with van der Waals surface area (Å²) in [7, 11) is 0. The molecule has 1 aliphatic heterocycles. The first-order valence-corrected chi connectivity index (χ1v) is 8.52. The number of fused-ring (bicyclic) bond motifs is 1. The van der Waals surface area contributed by atoms with E-state index in [0.29, 0.717) is 22.0 Å². The van der Waals surface area contributed by atoms with Crippen molar-refractivity contribution in [3.8, 4) is 5.88 Å². The van der Waals surface area contributed by atoms with Crippen LogP contribution in [0.3, 0.4) is 0 Å². The van der Waals surface area contributed by atoms with Crippen LogP contribution < -0.4 is 0 Å². The summed E-state index contributed by atoms with van der Waals surface area (Å²) in [5, 5.41) is 11.3. The lowest BCUT2D eigenvalue weighted by Gasteiger charge is -2.05. The molecule has 25 heavy (non-hydrogen) atoms. The molecule has 0 atom stereocenters. The lowest BCUT2D eigenvalue weighted by Crippen LogP contribution is -1.99. The van der Waals surface area contributed by atoms with Crippen LogP contribution in [0, 0.1) is 4.77 Å². The fourth-order valence-electron chi connectivity index (χ4n) is 2.81. The van der Waals surface area contributed by atoms with Crippen LogP contribution in [0.15, 0.2) is 53.5 Å². The zero-order valence-electron chi connectivity index (χ0n) is 13.1. The van der Waals surface area contributed by atoms with Crippen molar-refractivity contribution < 1.29 is 5.11 Å². The summed E-state index contributed by atoms with van der Waals surface area (Å²) in [6.07, 6.45) is 3.65. The molecule has 0 spiro atoms. The van der Waals surface area contributed by atoms with Gasteiger partial charge in [-0.25, -0.2) is 0 Å². The maximum absolute atomic E-state index is 10.6. The lowest BCUT2D eigenvalue weighted by molar-refractivity contribution is 0.422. The van der Waals surface area contributed by atoms with E-state index in [1.54, 1.807) is 10.8 Å². The second kappa shape index (κ2) is 6.35. The molecule has 0 aliphatic carbocycles. The Morgan fingerprint density at radius 2 is 1.92 bits per heavy atom. The molecule has 0 fully saturated rings. The molecule has 1 aliphatic rings. The molecular formula is C19H14ClN3OS. The summed E-state index contributed by atoms with van der Waals surface area (Å²) >= 11 is 11.3.